The number of carbonyl (C=O) groups is 5. The van der Waals surface area contributed by atoms with Gasteiger partial charge in [-0.05, 0) is 32.6 Å². The minimum atomic E-state index is -1.21. The summed E-state index contributed by atoms with van der Waals surface area (Å²) in [6, 6.07) is -2.70. The molecule has 180 valence electrons. The summed E-state index contributed by atoms with van der Waals surface area (Å²) in [5, 5.41) is 11.8. The molecule has 2 aliphatic heterocycles. The van der Waals surface area contributed by atoms with Crippen LogP contribution < -0.4 is 5.32 Å². The third kappa shape index (κ3) is 5.76. The van der Waals surface area contributed by atoms with Crippen molar-refractivity contribution in [1.29, 1.82) is 0 Å². The number of nitrogens with one attached hydrogen (secondary N) is 1. The van der Waals surface area contributed by atoms with Crippen molar-refractivity contribution >= 4 is 29.7 Å². The topological polar surface area (TPSA) is 143 Å². The van der Waals surface area contributed by atoms with Crippen LogP contribution in [-0.4, -0.2) is 95.6 Å². The van der Waals surface area contributed by atoms with Gasteiger partial charge in [0.25, 0.3) is 0 Å². The van der Waals surface area contributed by atoms with E-state index in [2.05, 4.69) is 10.1 Å². The number of rotatable bonds is 8. The maximum atomic E-state index is 13.3. The summed E-state index contributed by atoms with van der Waals surface area (Å²) in [5.41, 5.74) is 0. The number of aliphatic hydroxyl groups is 1. The van der Waals surface area contributed by atoms with Gasteiger partial charge in [0.1, 0.15) is 18.2 Å². The standard InChI is InChI=1S/C21H33N3O8/c1-12(13(2)32-14(3)26)19(28)24-10-6-8-17(24)20(29)23-9-5-7-16(23)18(27)22-15(11-25)21(30)31-4/h12-13,15-17,25H,5-11H2,1-4H3,(H,22,27)/t12-,13?,15-,16-,17-/m0/s1. The zero-order valence-corrected chi connectivity index (χ0v) is 19.0. The molecule has 3 amide bonds. The molecule has 11 nitrogen and oxygen atoms in total. The summed E-state index contributed by atoms with van der Waals surface area (Å²) in [4.78, 5) is 64.9. The normalized spacial score (nSPS) is 23.3. The fourth-order valence-electron chi connectivity index (χ4n) is 4.20. The smallest absolute Gasteiger partial charge is 0.330 e. The zero-order valence-electron chi connectivity index (χ0n) is 19.0. The zero-order chi connectivity index (χ0) is 24.0. The molecule has 0 bridgehead atoms. The van der Waals surface area contributed by atoms with E-state index in [9.17, 15) is 29.1 Å². The van der Waals surface area contributed by atoms with Crippen LogP contribution in [0, 0.1) is 5.92 Å². The molecule has 2 rings (SSSR count). The number of methoxy groups -OCH3 is 1. The van der Waals surface area contributed by atoms with Crippen molar-refractivity contribution in [2.24, 2.45) is 5.92 Å². The van der Waals surface area contributed by atoms with Gasteiger partial charge in [-0.25, -0.2) is 4.79 Å². The highest BCUT2D eigenvalue weighted by Gasteiger charge is 2.44. The molecule has 2 fully saturated rings. The molecule has 0 aliphatic carbocycles. The van der Waals surface area contributed by atoms with Crippen LogP contribution in [0.4, 0.5) is 0 Å². The Kier molecular flexibility index (Phi) is 8.99. The van der Waals surface area contributed by atoms with E-state index in [1.807, 2.05) is 0 Å². The molecular formula is C21H33N3O8. The summed E-state index contributed by atoms with van der Waals surface area (Å²) in [5.74, 6) is -3.02. The second kappa shape index (κ2) is 11.3. The Labute approximate surface area is 187 Å². The Bertz CT molecular complexity index is 743. The first-order valence-electron chi connectivity index (χ1n) is 10.9. The largest absolute Gasteiger partial charge is 0.467 e. The van der Waals surface area contributed by atoms with Crippen molar-refractivity contribution in [2.45, 2.75) is 70.7 Å². The lowest BCUT2D eigenvalue weighted by Crippen LogP contribution is -2.56. The average molecular weight is 456 g/mol. The number of amides is 3. The van der Waals surface area contributed by atoms with Crippen LogP contribution in [0.3, 0.4) is 0 Å². The van der Waals surface area contributed by atoms with Gasteiger partial charge in [-0.2, -0.15) is 0 Å². The molecule has 2 heterocycles. The molecule has 11 heteroatoms. The first-order chi connectivity index (χ1) is 15.1. The Morgan fingerprint density at radius 3 is 2.19 bits per heavy atom. The van der Waals surface area contributed by atoms with E-state index >= 15 is 0 Å². The number of hydrogen-bond donors (Lipinski definition) is 2. The van der Waals surface area contributed by atoms with Gasteiger partial charge in [0, 0.05) is 20.0 Å². The average Bonchev–Trinajstić information content (AvgIpc) is 3.44. The quantitative estimate of drug-likeness (QED) is 0.453. The van der Waals surface area contributed by atoms with Crippen molar-refractivity contribution < 1.29 is 38.6 Å². The van der Waals surface area contributed by atoms with Gasteiger partial charge in [0.05, 0.1) is 19.6 Å². The Balaban J connectivity index is 2.09. The van der Waals surface area contributed by atoms with Crippen molar-refractivity contribution in [3.8, 4) is 0 Å². The number of esters is 2. The van der Waals surface area contributed by atoms with E-state index in [1.165, 1.54) is 16.7 Å². The predicted molar refractivity (Wildman–Crippen MR) is 111 cm³/mol. The summed E-state index contributed by atoms with van der Waals surface area (Å²) in [6.45, 7) is 4.71. The molecule has 0 aromatic heterocycles. The van der Waals surface area contributed by atoms with Crippen molar-refractivity contribution in [3.05, 3.63) is 0 Å². The van der Waals surface area contributed by atoms with Crippen LogP contribution >= 0.6 is 0 Å². The molecule has 0 radical (unpaired) electrons. The van der Waals surface area contributed by atoms with Crippen LogP contribution in [0.5, 0.6) is 0 Å². The fourth-order valence-corrected chi connectivity index (χ4v) is 4.20. The van der Waals surface area contributed by atoms with Crippen LogP contribution in [0.2, 0.25) is 0 Å². The van der Waals surface area contributed by atoms with Crippen LogP contribution in [0.25, 0.3) is 0 Å². The van der Waals surface area contributed by atoms with Crippen LogP contribution in [0.15, 0.2) is 0 Å². The lowest BCUT2D eigenvalue weighted by atomic mass is 10.0. The van der Waals surface area contributed by atoms with E-state index in [-0.39, 0.29) is 11.8 Å². The van der Waals surface area contributed by atoms with Gasteiger partial charge in [0.15, 0.2) is 6.04 Å². The Morgan fingerprint density at radius 1 is 1.03 bits per heavy atom. The molecule has 0 spiro atoms. The maximum Gasteiger partial charge on any atom is 0.330 e. The Hall–Kier alpha value is -2.69. The fraction of sp³-hybridized carbons (Fsp3) is 0.762. The number of aliphatic hydroxyl groups excluding tert-OH is 1. The number of ether oxygens (including phenoxy) is 2. The number of carbonyl (C=O) groups excluding carboxylic acids is 5. The third-order valence-electron chi connectivity index (χ3n) is 6.09. The minimum Gasteiger partial charge on any atom is -0.467 e. The lowest BCUT2D eigenvalue weighted by Gasteiger charge is -2.33. The number of likely N-dealkylation sites (tertiary alicyclic amines) is 2. The first kappa shape index (κ1) is 25.6. The molecule has 2 saturated heterocycles. The van der Waals surface area contributed by atoms with Gasteiger partial charge in [-0.1, -0.05) is 6.92 Å². The van der Waals surface area contributed by atoms with Gasteiger partial charge < -0.3 is 29.7 Å². The molecule has 2 N–H and O–H groups in total. The third-order valence-corrected chi connectivity index (χ3v) is 6.09. The molecular weight excluding hydrogens is 422 g/mol. The van der Waals surface area contributed by atoms with Crippen molar-refractivity contribution in [2.75, 3.05) is 26.8 Å². The molecule has 0 aromatic carbocycles. The molecule has 0 saturated carbocycles. The molecule has 0 aromatic rings. The van der Waals surface area contributed by atoms with E-state index in [0.29, 0.717) is 38.8 Å². The van der Waals surface area contributed by atoms with Gasteiger partial charge in [-0.3, -0.25) is 19.2 Å². The number of hydrogen-bond acceptors (Lipinski definition) is 8. The second-order valence-corrected chi connectivity index (χ2v) is 8.25. The highest BCUT2D eigenvalue weighted by Crippen LogP contribution is 2.27. The van der Waals surface area contributed by atoms with Gasteiger partial charge in [0.2, 0.25) is 17.7 Å². The summed E-state index contributed by atoms with van der Waals surface area (Å²) >= 11 is 0. The van der Waals surface area contributed by atoms with E-state index in [0.717, 1.165) is 7.11 Å². The highest BCUT2D eigenvalue weighted by molar-refractivity contribution is 5.94. The van der Waals surface area contributed by atoms with E-state index in [1.54, 1.807) is 13.8 Å². The van der Waals surface area contributed by atoms with Gasteiger partial charge >= 0.3 is 11.9 Å². The second-order valence-electron chi connectivity index (χ2n) is 8.25. The van der Waals surface area contributed by atoms with Crippen molar-refractivity contribution in [3.63, 3.8) is 0 Å². The first-order valence-corrected chi connectivity index (χ1v) is 10.9. The van der Waals surface area contributed by atoms with E-state index < -0.39 is 54.6 Å². The molecule has 1 unspecified atom stereocenters. The predicted octanol–water partition coefficient (Wildman–Crippen LogP) is -0.794. The van der Waals surface area contributed by atoms with Crippen molar-refractivity contribution in [1.82, 2.24) is 15.1 Å². The lowest BCUT2D eigenvalue weighted by molar-refractivity contribution is -0.155. The van der Waals surface area contributed by atoms with E-state index in [4.69, 9.17) is 4.74 Å². The maximum absolute atomic E-state index is 13.3. The van der Waals surface area contributed by atoms with Gasteiger partial charge in [-0.15, -0.1) is 0 Å². The summed E-state index contributed by atoms with van der Waals surface area (Å²) in [7, 11) is 1.15. The molecule has 32 heavy (non-hydrogen) atoms. The minimum absolute atomic E-state index is 0.277. The highest BCUT2D eigenvalue weighted by atomic mass is 16.5. The molecule has 5 atom stereocenters. The van der Waals surface area contributed by atoms with Crippen LogP contribution in [-0.2, 0) is 33.4 Å². The monoisotopic (exact) mass is 455 g/mol. The summed E-state index contributed by atoms with van der Waals surface area (Å²) < 4.78 is 9.68. The molecule has 2 aliphatic rings. The SMILES string of the molecule is COC(=O)[C@H](CO)NC(=O)[C@@H]1CCCN1C(=O)[C@@H]1CCCN1C(=O)[C@@H](C)C(C)OC(C)=O. The number of nitrogens with zero attached hydrogens (tertiary/aromatic N) is 2. The van der Waals surface area contributed by atoms with Crippen LogP contribution in [0.1, 0.15) is 46.5 Å². The summed E-state index contributed by atoms with van der Waals surface area (Å²) in [6.07, 6.45) is 1.52. The Morgan fingerprint density at radius 2 is 1.62 bits per heavy atom.